The summed E-state index contributed by atoms with van der Waals surface area (Å²) in [5.41, 5.74) is -1.24. The van der Waals surface area contributed by atoms with E-state index in [0.717, 1.165) is 6.42 Å². The first-order chi connectivity index (χ1) is 11.2. The minimum atomic E-state index is -1.48. The number of hydrogen-bond acceptors (Lipinski definition) is 8. The summed E-state index contributed by atoms with van der Waals surface area (Å²) in [6.07, 6.45) is -4.89. The van der Waals surface area contributed by atoms with Gasteiger partial charge in [0, 0.05) is 0 Å². The van der Waals surface area contributed by atoms with Crippen LogP contribution >= 0.6 is 0 Å². The molecule has 8 nitrogen and oxygen atoms in total. The summed E-state index contributed by atoms with van der Waals surface area (Å²) >= 11 is 0. The van der Waals surface area contributed by atoms with Crippen LogP contribution < -0.4 is 0 Å². The molecule has 5 N–H and O–H groups in total. The molecule has 0 aromatic heterocycles. The van der Waals surface area contributed by atoms with Crippen molar-refractivity contribution in [2.24, 2.45) is 5.92 Å². The zero-order chi connectivity index (χ0) is 17.7. The van der Waals surface area contributed by atoms with Gasteiger partial charge in [-0.15, -0.1) is 0 Å². The van der Waals surface area contributed by atoms with Gasteiger partial charge in [0.2, 0.25) is 0 Å². The molecule has 0 radical (unpaired) electrons. The highest BCUT2D eigenvalue weighted by Gasteiger charge is 2.58. The van der Waals surface area contributed by atoms with Gasteiger partial charge in [-0.2, -0.15) is 0 Å². The van der Waals surface area contributed by atoms with Crippen molar-refractivity contribution in [2.75, 3.05) is 13.2 Å². The van der Waals surface area contributed by atoms with Gasteiger partial charge < -0.3 is 39.7 Å². The Morgan fingerprint density at radius 2 is 1.79 bits per heavy atom. The fourth-order valence-electron chi connectivity index (χ4n) is 4.26. The minimum Gasteiger partial charge on any atom is -0.394 e. The Bertz CT molecular complexity index is 455. The largest absolute Gasteiger partial charge is 0.394 e. The Labute approximate surface area is 141 Å². The second-order valence-corrected chi connectivity index (χ2v) is 7.72. The number of rotatable bonds is 4. The molecule has 8 heteroatoms. The summed E-state index contributed by atoms with van der Waals surface area (Å²) in [6, 6.07) is 0. The first-order valence-electron chi connectivity index (χ1n) is 8.51. The van der Waals surface area contributed by atoms with Crippen LogP contribution in [-0.4, -0.2) is 86.8 Å². The SMILES string of the molecule is CC1(C)O[C@@]2(CO)CC[C@H]1C[C@@H]2O[C@@H]1O[C@H](CO)[C@@H](O)[C@H](O)[C@H]1O. The molecule has 140 valence electrons. The molecule has 0 amide bonds. The summed E-state index contributed by atoms with van der Waals surface area (Å²) in [7, 11) is 0. The van der Waals surface area contributed by atoms with Gasteiger partial charge in [0.05, 0.1) is 24.9 Å². The molecule has 4 rings (SSSR count). The molecular formula is C16H28O8. The fourth-order valence-corrected chi connectivity index (χ4v) is 4.26. The predicted molar refractivity (Wildman–Crippen MR) is 81.0 cm³/mol. The average molecular weight is 348 g/mol. The van der Waals surface area contributed by atoms with E-state index in [2.05, 4.69) is 0 Å². The lowest BCUT2D eigenvalue weighted by Crippen LogP contribution is -2.67. The molecule has 0 aromatic rings. The number of ether oxygens (including phenoxy) is 3. The molecule has 1 saturated carbocycles. The van der Waals surface area contributed by atoms with Crippen LogP contribution in [0.4, 0.5) is 0 Å². The minimum absolute atomic E-state index is 0.217. The Morgan fingerprint density at radius 3 is 2.38 bits per heavy atom. The van der Waals surface area contributed by atoms with Crippen LogP contribution in [0.3, 0.4) is 0 Å². The van der Waals surface area contributed by atoms with Gasteiger partial charge in [-0.3, -0.25) is 0 Å². The Kier molecular flexibility index (Phi) is 4.96. The van der Waals surface area contributed by atoms with Gasteiger partial charge in [-0.05, 0) is 39.0 Å². The fraction of sp³-hybridized carbons (Fsp3) is 1.00. The molecule has 24 heavy (non-hydrogen) atoms. The highest BCUT2D eigenvalue weighted by atomic mass is 16.7. The van der Waals surface area contributed by atoms with Crippen LogP contribution in [0.1, 0.15) is 33.1 Å². The number of hydrogen-bond donors (Lipinski definition) is 5. The van der Waals surface area contributed by atoms with E-state index in [1.54, 1.807) is 0 Å². The number of aliphatic hydroxyl groups excluding tert-OH is 5. The lowest BCUT2D eigenvalue weighted by Gasteiger charge is -2.58. The molecule has 0 unspecified atom stereocenters. The van der Waals surface area contributed by atoms with Crippen LogP contribution in [0.5, 0.6) is 0 Å². The average Bonchev–Trinajstić information content (AvgIpc) is 2.55. The van der Waals surface area contributed by atoms with Crippen molar-refractivity contribution in [2.45, 2.75) is 81.1 Å². The van der Waals surface area contributed by atoms with Crippen molar-refractivity contribution in [3.8, 4) is 0 Å². The van der Waals surface area contributed by atoms with Crippen molar-refractivity contribution in [1.82, 2.24) is 0 Å². The van der Waals surface area contributed by atoms with E-state index >= 15 is 0 Å². The topological polar surface area (TPSA) is 129 Å². The molecule has 4 fully saturated rings. The van der Waals surface area contributed by atoms with E-state index < -0.39 is 49.0 Å². The molecular weight excluding hydrogens is 320 g/mol. The van der Waals surface area contributed by atoms with Crippen LogP contribution in [0.15, 0.2) is 0 Å². The molecule has 3 saturated heterocycles. The molecule has 3 heterocycles. The quantitative estimate of drug-likeness (QED) is 0.416. The van der Waals surface area contributed by atoms with E-state index in [-0.39, 0.29) is 18.1 Å². The molecule has 0 spiro atoms. The summed E-state index contributed by atoms with van der Waals surface area (Å²) in [6.45, 7) is 3.26. The highest BCUT2D eigenvalue weighted by Crippen LogP contribution is 2.51. The van der Waals surface area contributed by atoms with Crippen LogP contribution in [0.25, 0.3) is 0 Å². The van der Waals surface area contributed by atoms with Crippen LogP contribution in [0.2, 0.25) is 0 Å². The van der Waals surface area contributed by atoms with E-state index in [4.69, 9.17) is 14.2 Å². The zero-order valence-electron chi connectivity index (χ0n) is 14.0. The van der Waals surface area contributed by atoms with Gasteiger partial charge >= 0.3 is 0 Å². The van der Waals surface area contributed by atoms with Gasteiger partial charge in [0.25, 0.3) is 0 Å². The second kappa shape index (κ2) is 6.44. The third-order valence-corrected chi connectivity index (χ3v) is 5.87. The van der Waals surface area contributed by atoms with Crippen molar-refractivity contribution in [3.05, 3.63) is 0 Å². The van der Waals surface area contributed by atoms with Gasteiger partial charge in [-0.1, -0.05) is 0 Å². The predicted octanol–water partition coefficient (Wildman–Crippen LogP) is -1.49. The van der Waals surface area contributed by atoms with Crippen molar-refractivity contribution >= 4 is 0 Å². The number of aliphatic hydroxyl groups is 5. The summed E-state index contributed by atoms with van der Waals surface area (Å²) < 4.78 is 17.4. The normalized spacial score (nSPS) is 50.9. The molecule has 8 atom stereocenters. The van der Waals surface area contributed by atoms with Crippen molar-refractivity contribution in [1.29, 1.82) is 0 Å². The molecule has 4 aliphatic rings. The van der Waals surface area contributed by atoms with E-state index in [1.807, 2.05) is 13.8 Å². The number of fused-ring (bicyclic) bond motifs is 3. The van der Waals surface area contributed by atoms with Gasteiger partial charge in [0.1, 0.15) is 30.0 Å². The van der Waals surface area contributed by atoms with Crippen LogP contribution in [-0.2, 0) is 14.2 Å². The maximum atomic E-state index is 10.1. The summed E-state index contributed by atoms with van der Waals surface area (Å²) in [4.78, 5) is 0. The zero-order valence-corrected chi connectivity index (χ0v) is 14.0. The van der Waals surface area contributed by atoms with Crippen molar-refractivity contribution in [3.63, 3.8) is 0 Å². The van der Waals surface area contributed by atoms with E-state index in [0.29, 0.717) is 12.8 Å². The first kappa shape index (κ1) is 18.5. The standard InChI is InChI=1S/C16H28O8/c1-15(2)8-3-4-16(7-18,24-15)10(5-8)23-14-13(21)12(20)11(19)9(6-17)22-14/h8-14,17-21H,3-7H2,1-2H3/t8-,9+,10-,11+,12-,13+,14-,16+/m0/s1. The molecule has 0 aromatic carbocycles. The highest BCUT2D eigenvalue weighted by molar-refractivity contribution is 5.06. The first-order valence-corrected chi connectivity index (χ1v) is 8.51. The van der Waals surface area contributed by atoms with Gasteiger partial charge in [0.15, 0.2) is 6.29 Å². The van der Waals surface area contributed by atoms with Crippen molar-refractivity contribution < 1.29 is 39.7 Å². The third-order valence-electron chi connectivity index (χ3n) is 5.87. The van der Waals surface area contributed by atoms with E-state index in [9.17, 15) is 25.5 Å². The maximum absolute atomic E-state index is 10.1. The molecule has 3 aliphatic heterocycles. The van der Waals surface area contributed by atoms with Crippen LogP contribution in [0, 0.1) is 5.92 Å². The Morgan fingerprint density at radius 1 is 1.08 bits per heavy atom. The molecule has 2 bridgehead atoms. The lowest BCUT2D eigenvalue weighted by molar-refractivity contribution is -0.360. The lowest BCUT2D eigenvalue weighted by atomic mass is 9.67. The summed E-state index contributed by atoms with van der Waals surface area (Å²) in [5, 5.41) is 49.0. The molecule has 1 aliphatic carbocycles. The smallest absolute Gasteiger partial charge is 0.187 e. The second-order valence-electron chi connectivity index (χ2n) is 7.72. The Hall–Kier alpha value is -0.320. The monoisotopic (exact) mass is 348 g/mol. The van der Waals surface area contributed by atoms with E-state index in [1.165, 1.54) is 0 Å². The maximum Gasteiger partial charge on any atom is 0.187 e. The third kappa shape index (κ3) is 2.89. The van der Waals surface area contributed by atoms with Gasteiger partial charge in [-0.25, -0.2) is 0 Å². The summed E-state index contributed by atoms with van der Waals surface area (Å²) in [5.74, 6) is 0.251. The Balaban J connectivity index is 1.76.